The molecular weight excluding hydrogens is 335 g/mol. The third-order valence-electron chi connectivity index (χ3n) is 2.89. The summed E-state index contributed by atoms with van der Waals surface area (Å²) in [4.78, 5) is 12.2. The van der Waals surface area contributed by atoms with Gasteiger partial charge in [-0.2, -0.15) is 4.57 Å². The molecule has 2 aromatic rings. The standard InChI is InChI=1S/C14H11Cl3N2O2/c1-8(19-4-2-3-10(20)7-19)14(21)18-13-11(16)5-9(15)6-12(13)17/h2-8H,1H3,(H-,18,20,21)/p+1/t8-/m1/s1. The maximum atomic E-state index is 12.2. The first-order chi connectivity index (χ1) is 9.88. The van der Waals surface area contributed by atoms with Crippen molar-refractivity contribution in [3.8, 4) is 5.75 Å². The van der Waals surface area contributed by atoms with E-state index in [9.17, 15) is 9.90 Å². The third kappa shape index (κ3) is 3.79. The lowest BCUT2D eigenvalue weighted by molar-refractivity contribution is -0.705. The molecule has 21 heavy (non-hydrogen) atoms. The molecule has 0 spiro atoms. The maximum Gasteiger partial charge on any atom is 0.293 e. The Balaban J connectivity index is 2.22. The van der Waals surface area contributed by atoms with Gasteiger partial charge in [-0.1, -0.05) is 34.8 Å². The minimum atomic E-state index is -0.556. The summed E-state index contributed by atoms with van der Waals surface area (Å²) in [6.07, 6.45) is 3.13. The van der Waals surface area contributed by atoms with Crippen LogP contribution in [-0.2, 0) is 4.79 Å². The fourth-order valence-electron chi connectivity index (χ4n) is 1.75. The number of hydrogen-bond acceptors (Lipinski definition) is 2. The molecule has 2 N–H and O–H groups in total. The van der Waals surface area contributed by atoms with Crippen LogP contribution >= 0.6 is 34.8 Å². The number of aromatic hydroxyl groups is 1. The Hall–Kier alpha value is -1.49. The Bertz CT molecular complexity index is 669. The fraction of sp³-hybridized carbons (Fsp3) is 0.143. The summed E-state index contributed by atoms with van der Waals surface area (Å²) in [7, 11) is 0. The van der Waals surface area contributed by atoms with Crippen molar-refractivity contribution in [1.29, 1.82) is 0 Å². The summed E-state index contributed by atoms with van der Waals surface area (Å²) >= 11 is 17.9. The molecule has 4 nitrogen and oxygen atoms in total. The van der Waals surface area contributed by atoms with Crippen molar-refractivity contribution >= 4 is 46.4 Å². The molecule has 110 valence electrons. The molecule has 1 amide bonds. The van der Waals surface area contributed by atoms with E-state index in [0.717, 1.165) is 0 Å². The van der Waals surface area contributed by atoms with Crippen LogP contribution in [0.2, 0.25) is 15.1 Å². The highest BCUT2D eigenvalue weighted by Gasteiger charge is 2.24. The first-order valence-corrected chi connectivity index (χ1v) is 7.17. The van der Waals surface area contributed by atoms with Gasteiger partial charge in [-0.05, 0) is 18.2 Å². The maximum absolute atomic E-state index is 12.2. The monoisotopic (exact) mass is 345 g/mol. The molecule has 0 fully saturated rings. The zero-order valence-electron chi connectivity index (χ0n) is 11.0. The van der Waals surface area contributed by atoms with Crippen molar-refractivity contribution < 1.29 is 14.5 Å². The van der Waals surface area contributed by atoms with Gasteiger partial charge in [0.2, 0.25) is 12.2 Å². The molecule has 0 saturated heterocycles. The lowest BCUT2D eigenvalue weighted by Crippen LogP contribution is -2.43. The van der Waals surface area contributed by atoms with E-state index in [1.165, 1.54) is 24.4 Å². The highest BCUT2D eigenvalue weighted by Crippen LogP contribution is 2.33. The van der Waals surface area contributed by atoms with Crippen molar-refractivity contribution in [2.75, 3.05) is 5.32 Å². The summed E-state index contributed by atoms with van der Waals surface area (Å²) in [5, 5.41) is 13.0. The second-order valence-corrected chi connectivity index (χ2v) is 5.67. The van der Waals surface area contributed by atoms with Crippen molar-refractivity contribution in [2.45, 2.75) is 13.0 Å². The summed E-state index contributed by atoms with van der Waals surface area (Å²) < 4.78 is 1.57. The molecule has 0 saturated carbocycles. The van der Waals surface area contributed by atoms with Crippen molar-refractivity contribution in [3.63, 3.8) is 0 Å². The molecular formula is C14H12Cl3N2O2+. The van der Waals surface area contributed by atoms with E-state index in [-0.39, 0.29) is 21.7 Å². The third-order valence-corrected chi connectivity index (χ3v) is 3.70. The zero-order chi connectivity index (χ0) is 15.6. The van der Waals surface area contributed by atoms with Gasteiger partial charge in [-0.15, -0.1) is 0 Å². The second-order valence-electron chi connectivity index (χ2n) is 4.42. The average Bonchev–Trinajstić information content (AvgIpc) is 2.41. The molecule has 0 radical (unpaired) electrons. The van der Waals surface area contributed by atoms with Crippen LogP contribution in [0.15, 0.2) is 36.7 Å². The number of rotatable bonds is 3. The van der Waals surface area contributed by atoms with Crippen LogP contribution in [0.4, 0.5) is 5.69 Å². The summed E-state index contributed by atoms with van der Waals surface area (Å²) in [5.74, 6) is -0.253. The Kier molecular flexibility index (Phi) is 4.93. The minimum Gasteiger partial charge on any atom is -0.503 e. The highest BCUT2D eigenvalue weighted by atomic mass is 35.5. The number of amides is 1. The smallest absolute Gasteiger partial charge is 0.293 e. The van der Waals surface area contributed by atoms with Gasteiger partial charge in [0.15, 0.2) is 11.9 Å². The normalized spacial score (nSPS) is 12.0. The van der Waals surface area contributed by atoms with Gasteiger partial charge >= 0.3 is 0 Å². The summed E-state index contributed by atoms with van der Waals surface area (Å²) in [5.41, 5.74) is 0.306. The number of nitrogens with zero attached hydrogens (tertiary/aromatic N) is 1. The zero-order valence-corrected chi connectivity index (χ0v) is 13.2. The average molecular weight is 347 g/mol. The van der Waals surface area contributed by atoms with Crippen LogP contribution in [0.1, 0.15) is 13.0 Å². The van der Waals surface area contributed by atoms with E-state index < -0.39 is 6.04 Å². The van der Waals surface area contributed by atoms with Gasteiger partial charge in [-0.25, -0.2) is 0 Å². The van der Waals surface area contributed by atoms with E-state index in [2.05, 4.69) is 5.32 Å². The number of nitrogens with one attached hydrogen (secondary N) is 1. The molecule has 0 unspecified atom stereocenters. The first-order valence-electron chi connectivity index (χ1n) is 6.03. The predicted octanol–water partition coefficient (Wildman–Crippen LogP) is 3.84. The Morgan fingerprint density at radius 2 is 1.90 bits per heavy atom. The number of carbonyl (C=O) groups is 1. The Morgan fingerprint density at radius 3 is 2.48 bits per heavy atom. The molecule has 0 aliphatic rings. The van der Waals surface area contributed by atoms with E-state index in [0.29, 0.717) is 10.7 Å². The number of carbonyl (C=O) groups excluding carboxylic acids is 1. The van der Waals surface area contributed by atoms with Crippen LogP contribution in [0.25, 0.3) is 0 Å². The van der Waals surface area contributed by atoms with Gasteiger partial charge in [0.1, 0.15) is 0 Å². The van der Waals surface area contributed by atoms with Crippen molar-refractivity contribution in [3.05, 3.63) is 51.7 Å². The topological polar surface area (TPSA) is 53.2 Å². The predicted molar refractivity (Wildman–Crippen MR) is 83.1 cm³/mol. The first kappa shape index (κ1) is 15.9. The molecule has 0 aliphatic carbocycles. The molecule has 7 heteroatoms. The fourth-order valence-corrected chi connectivity index (χ4v) is 2.66. The van der Waals surface area contributed by atoms with E-state index in [4.69, 9.17) is 34.8 Å². The number of anilines is 1. The molecule has 0 bridgehead atoms. The lowest BCUT2D eigenvalue weighted by Gasteiger charge is -2.12. The van der Waals surface area contributed by atoms with Gasteiger partial charge < -0.3 is 10.4 Å². The second kappa shape index (κ2) is 6.52. The van der Waals surface area contributed by atoms with E-state index >= 15 is 0 Å². The van der Waals surface area contributed by atoms with Crippen molar-refractivity contribution in [1.82, 2.24) is 0 Å². The van der Waals surface area contributed by atoms with Gasteiger partial charge in [0.05, 0.1) is 15.7 Å². The van der Waals surface area contributed by atoms with Crippen LogP contribution in [-0.4, -0.2) is 11.0 Å². The largest absolute Gasteiger partial charge is 0.503 e. The number of halogens is 3. The number of aromatic nitrogens is 1. The van der Waals surface area contributed by atoms with Gasteiger partial charge in [-0.3, -0.25) is 4.79 Å². The molecule has 2 rings (SSSR count). The quantitative estimate of drug-likeness (QED) is 0.830. The molecule has 1 aromatic carbocycles. The minimum absolute atomic E-state index is 0.0692. The van der Waals surface area contributed by atoms with Crippen molar-refractivity contribution in [2.24, 2.45) is 0 Å². The Morgan fingerprint density at radius 1 is 1.29 bits per heavy atom. The molecule has 1 heterocycles. The Labute approximate surface area is 136 Å². The SMILES string of the molecule is C[C@H](C(=O)Nc1c(Cl)cc(Cl)cc1Cl)[n+]1cccc(O)c1. The molecule has 0 aliphatic heterocycles. The number of hydrogen-bond donors (Lipinski definition) is 2. The van der Waals surface area contributed by atoms with Crippen LogP contribution in [0, 0.1) is 0 Å². The van der Waals surface area contributed by atoms with Crippen LogP contribution in [0.3, 0.4) is 0 Å². The summed E-state index contributed by atoms with van der Waals surface area (Å²) in [6.45, 7) is 1.69. The van der Waals surface area contributed by atoms with Gasteiger partial charge in [0.25, 0.3) is 5.91 Å². The van der Waals surface area contributed by atoms with Crippen LogP contribution in [0.5, 0.6) is 5.75 Å². The number of pyridine rings is 1. The van der Waals surface area contributed by atoms with Gasteiger partial charge in [0, 0.05) is 18.0 Å². The lowest BCUT2D eigenvalue weighted by atomic mass is 10.2. The molecule has 1 atom stereocenters. The summed E-state index contributed by atoms with van der Waals surface area (Å²) in [6, 6.07) is 5.60. The number of benzene rings is 1. The van der Waals surface area contributed by atoms with E-state index in [1.54, 1.807) is 23.8 Å². The van der Waals surface area contributed by atoms with Crippen LogP contribution < -0.4 is 9.88 Å². The highest BCUT2D eigenvalue weighted by molar-refractivity contribution is 6.42. The molecule has 1 aromatic heterocycles. The van der Waals surface area contributed by atoms with E-state index in [1.807, 2.05) is 0 Å².